The smallest absolute Gasteiger partial charge is 0.140 e. The molecule has 3 aromatic carbocycles. The Kier molecular flexibility index (Phi) is 6.04. The first-order chi connectivity index (χ1) is 15.7. The largest absolute Gasteiger partial charge is 0.487 e. The fourth-order valence-corrected chi connectivity index (χ4v) is 3.95. The Bertz CT molecular complexity index is 1210. The number of benzene rings is 3. The van der Waals surface area contributed by atoms with E-state index in [0.717, 1.165) is 27.7 Å². The van der Waals surface area contributed by atoms with Gasteiger partial charge in [-0.3, -0.25) is 0 Å². The van der Waals surface area contributed by atoms with Crippen LogP contribution in [0.25, 0.3) is 11.0 Å². The number of halogens is 1. The van der Waals surface area contributed by atoms with Crippen molar-refractivity contribution < 1.29 is 9.84 Å². The zero-order valence-electron chi connectivity index (χ0n) is 17.2. The van der Waals surface area contributed by atoms with Crippen LogP contribution in [-0.4, -0.2) is 14.7 Å². The molecule has 0 spiro atoms. The van der Waals surface area contributed by atoms with E-state index in [4.69, 9.17) is 16.3 Å². The standard InChI is InChI=1S/C23H23ClN6O2/c24-18-10-20-19(11-21(18)32-14-16-4-2-1-3-5-16)25-22(13-31)30(20)12-15-6-8-17(9-7-15)23-26-28-29-27-23/h1-11,23,26-29,31H,12-14H2. The highest BCUT2D eigenvalue weighted by atomic mass is 35.5. The molecule has 8 nitrogen and oxygen atoms in total. The first-order valence-corrected chi connectivity index (χ1v) is 10.7. The molecule has 5 rings (SSSR count). The van der Waals surface area contributed by atoms with Crippen LogP contribution in [0.1, 0.15) is 28.7 Å². The number of hydrogen-bond donors (Lipinski definition) is 5. The highest BCUT2D eigenvalue weighted by Crippen LogP contribution is 2.31. The van der Waals surface area contributed by atoms with Gasteiger partial charge >= 0.3 is 0 Å². The molecule has 0 radical (unpaired) electrons. The van der Waals surface area contributed by atoms with Crippen molar-refractivity contribution in [2.45, 2.75) is 25.9 Å². The van der Waals surface area contributed by atoms with Crippen LogP contribution < -0.4 is 26.7 Å². The fourth-order valence-electron chi connectivity index (χ4n) is 3.74. The molecule has 9 heteroatoms. The number of aliphatic hydroxyl groups excluding tert-OH is 1. The van der Waals surface area contributed by atoms with E-state index in [1.54, 1.807) is 0 Å². The van der Waals surface area contributed by atoms with Gasteiger partial charge in [-0.05, 0) is 22.8 Å². The van der Waals surface area contributed by atoms with Crippen molar-refractivity contribution in [2.75, 3.05) is 0 Å². The first kappa shape index (κ1) is 20.9. The van der Waals surface area contributed by atoms with Crippen molar-refractivity contribution in [1.82, 2.24) is 31.5 Å². The zero-order chi connectivity index (χ0) is 21.9. The molecule has 0 saturated carbocycles. The summed E-state index contributed by atoms with van der Waals surface area (Å²) in [6.45, 7) is 0.814. The average molecular weight is 451 g/mol. The quantitative estimate of drug-likeness (QED) is 0.295. The van der Waals surface area contributed by atoms with E-state index in [0.29, 0.717) is 29.7 Å². The molecule has 4 aromatic rings. The Balaban J connectivity index is 1.39. The van der Waals surface area contributed by atoms with E-state index in [9.17, 15) is 5.11 Å². The molecular formula is C23H23ClN6O2. The second kappa shape index (κ2) is 9.25. The lowest BCUT2D eigenvalue weighted by Gasteiger charge is -2.12. The van der Waals surface area contributed by atoms with Crippen molar-refractivity contribution in [3.63, 3.8) is 0 Å². The van der Waals surface area contributed by atoms with Gasteiger partial charge in [-0.15, -0.1) is 0 Å². The van der Waals surface area contributed by atoms with Crippen LogP contribution in [0, 0.1) is 0 Å². The predicted octanol–water partition coefficient (Wildman–Crippen LogP) is 2.92. The van der Waals surface area contributed by atoms with Crippen molar-refractivity contribution in [3.8, 4) is 5.75 Å². The van der Waals surface area contributed by atoms with E-state index in [2.05, 4.69) is 51.2 Å². The number of hydrazine groups is 3. The summed E-state index contributed by atoms with van der Waals surface area (Å²) in [5, 5.41) is 10.4. The molecule has 2 heterocycles. The molecule has 1 aliphatic rings. The normalized spacial score (nSPS) is 14.3. The number of hydrogen-bond acceptors (Lipinski definition) is 7. The molecule has 0 bridgehead atoms. The average Bonchev–Trinajstić information content (AvgIpc) is 3.47. The van der Waals surface area contributed by atoms with Gasteiger partial charge in [-0.1, -0.05) is 66.2 Å². The summed E-state index contributed by atoms with van der Waals surface area (Å²) in [6.07, 6.45) is -0.0146. The number of imidazole rings is 1. The number of nitrogens with zero attached hydrogens (tertiary/aromatic N) is 2. The molecule has 164 valence electrons. The number of aromatic nitrogens is 2. The lowest BCUT2D eigenvalue weighted by atomic mass is 10.1. The summed E-state index contributed by atoms with van der Waals surface area (Å²) in [5.41, 5.74) is 16.6. The number of ether oxygens (including phenoxy) is 1. The molecular weight excluding hydrogens is 428 g/mol. The van der Waals surface area contributed by atoms with Gasteiger partial charge in [0, 0.05) is 12.6 Å². The number of aliphatic hydroxyl groups is 1. The third-order valence-electron chi connectivity index (χ3n) is 5.41. The summed E-state index contributed by atoms with van der Waals surface area (Å²) in [7, 11) is 0. The molecule has 0 amide bonds. The lowest BCUT2D eigenvalue weighted by Crippen LogP contribution is -2.33. The fraction of sp³-hybridized carbons (Fsp3) is 0.174. The monoisotopic (exact) mass is 450 g/mol. The lowest BCUT2D eigenvalue weighted by molar-refractivity contribution is 0.267. The molecule has 1 saturated heterocycles. The van der Waals surface area contributed by atoms with Crippen LogP contribution in [-0.2, 0) is 19.8 Å². The predicted molar refractivity (Wildman–Crippen MR) is 122 cm³/mol. The minimum absolute atomic E-state index is 0.0146. The number of fused-ring (bicyclic) bond motifs is 1. The van der Waals surface area contributed by atoms with Gasteiger partial charge < -0.3 is 14.4 Å². The van der Waals surface area contributed by atoms with Gasteiger partial charge in [-0.2, -0.15) is 11.1 Å². The second-order valence-electron chi connectivity index (χ2n) is 7.53. The molecule has 0 unspecified atom stereocenters. The Morgan fingerprint density at radius 1 is 0.969 bits per heavy atom. The molecule has 5 N–H and O–H groups in total. The van der Waals surface area contributed by atoms with Crippen LogP contribution in [0.15, 0.2) is 66.7 Å². The molecule has 1 aliphatic heterocycles. The maximum atomic E-state index is 9.90. The molecule has 0 aliphatic carbocycles. The first-order valence-electron chi connectivity index (χ1n) is 10.3. The maximum Gasteiger partial charge on any atom is 0.140 e. The minimum atomic E-state index is -0.169. The van der Waals surface area contributed by atoms with E-state index in [1.807, 2.05) is 47.0 Å². The highest BCUT2D eigenvalue weighted by Gasteiger charge is 2.16. The summed E-state index contributed by atoms with van der Waals surface area (Å²) in [6, 6.07) is 21.8. The van der Waals surface area contributed by atoms with E-state index >= 15 is 0 Å². The van der Waals surface area contributed by atoms with E-state index in [1.165, 1.54) is 0 Å². The maximum absolute atomic E-state index is 9.90. The van der Waals surface area contributed by atoms with Crippen LogP contribution in [0.5, 0.6) is 5.75 Å². The molecule has 1 aromatic heterocycles. The summed E-state index contributed by atoms with van der Waals surface area (Å²) >= 11 is 6.54. The minimum Gasteiger partial charge on any atom is -0.487 e. The zero-order valence-corrected chi connectivity index (χ0v) is 17.9. The summed E-state index contributed by atoms with van der Waals surface area (Å²) in [4.78, 5) is 4.60. The van der Waals surface area contributed by atoms with Crippen molar-refractivity contribution in [1.29, 1.82) is 0 Å². The molecule has 32 heavy (non-hydrogen) atoms. The van der Waals surface area contributed by atoms with Gasteiger partial charge in [0.05, 0.1) is 16.1 Å². The topological polar surface area (TPSA) is 95.4 Å². The SMILES string of the molecule is OCc1nc2cc(OCc3ccccc3)c(Cl)cc2n1Cc1ccc(C2NNNN2)cc1. The molecule has 0 atom stereocenters. The van der Waals surface area contributed by atoms with Crippen molar-refractivity contribution in [2.24, 2.45) is 0 Å². The third-order valence-corrected chi connectivity index (χ3v) is 5.70. The summed E-state index contributed by atoms with van der Waals surface area (Å²) in [5.74, 6) is 1.15. The van der Waals surface area contributed by atoms with Gasteiger partial charge in [0.15, 0.2) is 0 Å². The van der Waals surface area contributed by atoms with Gasteiger partial charge in [0.2, 0.25) is 0 Å². The van der Waals surface area contributed by atoms with Crippen LogP contribution in [0.2, 0.25) is 5.02 Å². The Morgan fingerprint density at radius 3 is 2.44 bits per heavy atom. The Labute approximate surface area is 190 Å². The Morgan fingerprint density at radius 2 is 1.72 bits per heavy atom. The van der Waals surface area contributed by atoms with Crippen LogP contribution in [0.3, 0.4) is 0 Å². The number of rotatable bonds is 7. The second-order valence-corrected chi connectivity index (χ2v) is 7.94. The van der Waals surface area contributed by atoms with Crippen LogP contribution in [0.4, 0.5) is 0 Å². The van der Waals surface area contributed by atoms with Crippen molar-refractivity contribution >= 4 is 22.6 Å². The van der Waals surface area contributed by atoms with Gasteiger partial charge in [0.1, 0.15) is 31.0 Å². The molecule has 1 fully saturated rings. The van der Waals surface area contributed by atoms with Gasteiger partial charge in [0.25, 0.3) is 0 Å². The van der Waals surface area contributed by atoms with Crippen molar-refractivity contribution in [3.05, 3.63) is 94.3 Å². The highest BCUT2D eigenvalue weighted by molar-refractivity contribution is 6.32. The third kappa shape index (κ3) is 4.33. The van der Waals surface area contributed by atoms with Crippen LogP contribution >= 0.6 is 11.6 Å². The Hall–Kier alpha value is -2.98. The summed E-state index contributed by atoms with van der Waals surface area (Å²) < 4.78 is 7.91. The van der Waals surface area contributed by atoms with E-state index < -0.39 is 0 Å². The number of nitrogens with one attached hydrogen (secondary N) is 4. The van der Waals surface area contributed by atoms with Gasteiger partial charge in [-0.25, -0.2) is 15.8 Å². The van der Waals surface area contributed by atoms with E-state index in [-0.39, 0.29) is 12.8 Å².